The summed E-state index contributed by atoms with van der Waals surface area (Å²) in [6.07, 6.45) is 0. The van der Waals surface area contributed by atoms with Crippen molar-refractivity contribution in [2.75, 3.05) is 0 Å². The van der Waals surface area contributed by atoms with E-state index in [0.717, 1.165) is 0 Å². The van der Waals surface area contributed by atoms with Gasteiger partial charge in [-0.1, -0.05) is 24.3 Å². The predicted octanol–water partition coefficient (Wildman–Crippen LogP) is 1.86. The van der Waals surface area contributed by atoms with E-state index in [0.29, 0.717) is 10.8 Å². The molecule has 0 radical (unpaired) electrons. The average Bonchev–Trinajstić information content (AvgIpc) is 2.27. The first-order chi connectivity index (χ1) is 8.08. The standard InChI is InChI=1S/C12H9NO4/c1-7(14)17-10-6-8-4-2-3-5-9(8)11(13-10)12(15)16/h2-6H,1H3,(H,15,16). The number of carboxylic acids is 1. The van der Waals surface area contributed by atoms with Gasteiger partial charge in [0.1, 0.15) is 0 Å². The molecule has 0 saturated heterocycles. The third kappa shape index (κ3) is 2.23. The van der Waals surface area contributed by atoms with Gasteiger partial charge in [0.2, 0.25) is 5.88 Å². The zero-order valence-corrected chi connectivity index (χ0v) is 9.01. The van der Waals surface area contributed by atoms with E-state index in [1.54, 1.807) is 24.3 Å². The molecule has 0 atom stereocenters. The lowest BCUT2D eigenvalue weighted by atomic mass is 10.1. The average molecular weight is 231 g/mol. The molecule has 0 fully saturated rings. The van der Waals surface area contributed by atoms with Crippen molar-refractivity contribution >= 4 is 22.7 Å². The number of fused-ring (bicyclic) bond motifs is 1. The summed E-state index contributed by atoms with van der Waals surface area (Å²) in [7, 11) is 0. The van der Waals surface area contributed by atoms with Gasteiger partial charge in [-0.25, -0.2) is 9.78 Å². The first-order valence-corrected chi connectivity index (χ1v) is 4.89. The molecule has 1 N–H and O–H groups in total. The Morgan fingerprint density at radius 2 is 2.00 bits per heavy atom. The molecule has 0 aliphatic carbocycles. The van der Waals surface area contributed by atoms with Crippen molar-refractivity contribution in [1.82, 2.24) is 4.98 Å². The van der Waals surface area contributed by atoms with E-state index in [-0.39, 0.29) is 11.6 Å². The number of pyridine rings is 1. The number of carboxylic acid groups (broad SMARTS) is 1. The highest BCUT2D eigenvalue weighted by atomic mass is 16.5. The molecule has 0 aliphatic heterocycles. The monoisotopic (exact) mass is 231 g/mol. The Labute approximate surface area is 96.7 Å². The van der Waals surface area contributed by atoms with Crippen LogP contribution in [0.5, 0.6) is 5.88 Å². The van der Waals surface area contributed by atoms with Gasteiger partial charge in [0.15, 0.2) is 5.69 Å². The minimum absolute atomic E-state index is 0.00593. The van der Waals surface area contributed by atoms with Crippen LogP contribution in [0.3, 0.4) is 0 Å². The number of hydrogen-bond donors (Lipinski definition) is 1. The van der Waals surface area contributed by atoms with Crippen molar-refractivity contribution in [3.63, 3.8) is 0 Å². The molecule has 5 heteroatoms. The fourth-order valence-corrected chi connectivity index (χ4v) is 1.54. The summed E-state index contributed by atoms with van der Waals surface area (Å²) in [5.74, 6) is -1.70. The van der Waals surface area contributed by atoms with Crippen LogP contribution < -0.4 is 4.74 Å². The molecule has 5 nitrogen and oxygen atoms in total. The van der Waals surface area contributed by atoms with Gasteiger partial charge in [-0.05, 0) is 5.39 Å². The molecule has 1 aromatic heterocycles. The summed E-state index contributed by atoms with van der Waals surface area (Å²) in [5.41, 5.74) is -0.126. The second-order valence-corrected chi connectivity index (χ2v) is 3.43. The number of rotatable bonds is 2. The fraction of sp³-hybridized carbons (Fsp3) is 0.0833. The Morgan fingerprint density at radius 1 is 1.29 bits per heavy atom. The van der Waals surface area contributed by atoms with Crippen molar-refractivity contribution in [1.29, 1.82) is 0 Å². The van der Waals surface area contributed by atoms with E-state index in [1.807, 2.05) is 0 Å². The number of benzene rings is 1. The molecule has 17 heavy (non-hydrogen) atoms. The number of hydrogen-bond acceptors (Lipinski definition) is 4. The van der Waals surface area contributed by atoms with Gasteiger partial charge in [0.05, 0.1) is 0 Å². The van der Waals surface area contributed by atoms with Gasteiger partial charge >= 0.3 is 11.9 Å². The molecular weight excluding hydrogens is 222 g/mol. The fourth-order valence-electron chi connectivity index (χ4n) is 1.54. The van der Waals surface area contributed by atoms with Crippen LogP contribution in [0.25, 0.3) is 10.8 Å². The molecule has 0 saturated carbocycles. The van der Waals surface area contributed by atoms with E-state index in [9.17, 15) is 9.59 Å². The van der Waals surface area contributed by atoms with Crippen LogP contribution in [0.4, 0.5) is 0 Å². The summed E-state index contributed by atoms with van der Waals surface area (Å²) in [5, 5.41) is 10.2. The van der Waals surface area contributed by atoms with Gasteiger partial charge < -0.3 is 9.84 Å². The maximum Gasteiger partial charge on any atom is 0.355 e. The SMILES string of the molecule is CC(=O)Oc1cc2ccccc2c(C(=O)O)n1. The largest absolute Gasteiger partial charge is 0.476 e. The molecule has 86 valence electrons. The zero-order valence-electron chi connectivity index (χ0n) is 9.01. The molecule has 0 amide bonds. The molecule has 2 aromatic rings. The molecule has 1 aromatic carbocycles. The van der Waals surface area contributed by atoms with Crippen molar-refractivity contribution in [2.45, 2.75) is 6.92 Å². The van der Waals surface area contributed by atoms with Crippen LogP contribution >= 0.6 is 0 Å². The van der Waals surface area contributed by atoms with E-state index < -0.39 is 11.9 Å². The Morgan fingerprint density at radius 3 is 2.65 bits per heavy atom. The Bertz CT molecular complexity index is 606. The first-order valence-electron chi connectivity index (χ1n) is 4.89. The summed E-state index contributed by atoms with van der Waals surface area (Å²) in [4.78, 5) is 25.7. The van der Waals surface area contributed by atoms with E-state index in [2.05, 4.69) is 4.98 Å². The zero-order chi connectivity index (χ0) is 12.4. The van der Waals surface area contributed by atoms with Crippen LogP contribution in [0, 0.1) is 0 Å². The normalized spacial score (nSPS) is 10.2. The summed E-state index contributed by atoms with van der Waals surface area (Å²) in [6.45, 7) is 1.23. The van der Waals surface area contributed by atoms with Crippen LogP contribution in [0.2, 0.25) is 0 Å². The van der Waals surface area contributed by atoms with Crippen LogP contribution in [-0.2, 0) is 4.79 Å². The summed E-state index contributed by atoms with van der Waals surface area (Å²) in [6, 6.07) is 8.41. The number of nitrogens with zero attached hydrogens (tertiary/aromatic N) is 1. The number of aromatic nitrogens is 1. The number of carbonyl (C=O) groups is 2. The number of ether oxygens (including phenoxy) is 1. The van der Waals surface area contributed by atoms with Gasteiger partial charge in [-0.2, -0.15) is 0 Å². The van der Waals surface area contributed by atoms with E-state index in [4.69, 9.17) is 9.84 Å². The van der Waals surface area contributed by atoms with Crippen molar-refractivity contribution in [3.05, 3.63) is 36.0 Å². The topological polar surface area (TPSA) is 76.5 Å². The highest BCUT2D eigenvalue weighted by molar-refractivity contribution is 6.02. The van der Waals surface area contributed by atoms with Crippen LogP contribution in [-0.4, -0.2) is 22.0 Å². The maximum absolute atomic E-state index is 11.0. The van der Waals surface area contributed by atoms with Crippen molar-refractivity contribution in [3.8, 4) is 5.88 Å². The minimum atomic E-state index is -1.16. The maximum atomic E-state index is 11.0. The van der Waals surface area contributed by atoms with Gasteiger partial charge in [-0.15, -0.1) is 0 Å². The second kappa shape index (κ2) is 4.21. The quantitative estimate of drug-likeness (QED) is 0.798. The van der Waals surface area contributed by atoms with Crippen molar-refractivity contribution in [2.24, 2.45) is 0 Å². The summed E-state index contributed by atoms with van der Waals surface area (Å²) < 4.78 is 4.80. The Hall–Kier alpha value is -2.43. The molecule has 0 aliphatic rings. The molecule has 0 spiro atoms. The van der Waals surface area contributed by atoms with Crippen LogP contribution in [0.15, 0.2) is 30.3 Å². The lowest BCUT2D eigenvalue weighted by Crippen LogP contribution is -2.07. The first kappa shape index (κ1) is 11.1. The number of aromatic carboxylic acids is 1. The van der Waals surface area contributed by atoms with Crippen LogP contribution in [0.1, 0.15) is 17.4 Å². The Kier molecular flexibility index (Phi) is 2.74. The van der Waals surface area contributed by atoms with E-state index in [1.165, 1.54) is 13.0 Å². The molecular formula is C12H9NO4. The smallest absolute Gasteiger partial charge is 0.355 e. The number of carbonyl (C=O) groups excluding carboxylic acids is 1. The molecule has 0 bridgehead atoms. The summed E-state index contributed by atoms with van der Waals surface area (Å²) >= 11 is 0. The highest BCUT2D eigenvalue weighted by Crippen LogP contribution is 2.22. The lowest BCUT2D eigenvalue weighted by Gasteiger charge is -2.05. The van der Waals surface area contributed by atoms with Gasteiger partial charge in [-0.3, -0.25) is 4.79 Å². The van der Waals surface area contributed by atoms with Gasteiger partial charge in [0, 0.05) is 18.4 Å². The highest BCUT2D eigenvalue weighted by Gasteiger charge is 2.13. The minimum Gasteiger partial charge on any atom is -0.476 e. The molecule has 1 heterocycles. The third-order valence-corrected chi connectivity index (χ3v) is 2.17. The van der Waals surface area contributed by atoms with Gasteiger partial charge in [0.25, 0.3) is 0 Å². The predicted molar refractivity (Wildman–Crippen MR) is 60.0 cm³/mol. The molecule has 2 rings (SSSR count). The third-order valence-electron chi connectivity index (χ3n) is 2.17. The second-order valence-electron chi connectivity index (χ2n) is 3.43. The molecule has 0 unspecified atom stereocenters. The van der Waals surface area contributed by atoms with Crippen molar-refractivity contribution < 1.29 is 19.4 Å². The Balaban J connectivity index is 2.67. The number of esters is 1. The van der Waals surface area contributed by atoms with E-state index >= 15 is 0 Å². The lowest BCUT2D eigenvalue weighted by molar-refractivity contribution is -0.132.